The van der Waals surface area contributed by atoms with Gasteiger partial charge in [-0.05, 0) is 37.7 Å². The number of carbonyl (C=O) groups excluding carboxylic acids is 1. The smallest absolute Gasteiger partial charge is 0.237 e. The maximum absolute atomic E-state index is 13.6. The van der Waals surface area contributed by atoms with Gasteiger partial charge >= 0.3 is 0 Å². The van der Waals surface area contributed by atoms with Crippen LogP contribution in [0, 0.1) is 5.82 Å². The van der Waals surface area contributed by atoms with Crippen LogP contribution in [0.3, 0.4) is 0 Å². The summed E-state index contributed by atoms with van der Waals surface area (Å²) in [4.78, 5) is 14.3. The van der Waals surface area contributed by atoms with Crippen LogP contribution in [-0.2, 0) is 17.9 Å². The van der Waals surface area contributed by atoms with Crippen molar-refractivity contribution in [3.8, 4) is 11.5 Å². The molecule has 1 N–H and O–H groups in total. The Kier molecular flexibility index (Phi) is 5.73. The molecule has 0 fully saturated rings. The molecule has 0 aromatic heterocycles. The molecule has 2 aromatic carbocycles. The fourth-order valence-corrected chi connectivity index (χ4v) is 2.78. The average Bonchev–Trinajstić information content (AvgIpc) is 2.66. The van der Waals surface area contributed by atoms with Crippen molar-refractivity contribution in [3.63, 3.8) is 0 Å². The first kappa shape index (κ1) is 18.2. The summed E-state index contributed by atoms with van der Waals surface area (Å²) >= 11 is 0. The van der Waals surface area contributed by atoms with E-state index in [1.165, 1.54) is 6.07 Å². The molecule has 0 bridgehead atoms. The van der Waals surface area contributed by atoms with Gasteiger partial charge in [0.2, 0.25) is 5.91 Å². The lowest BCUT2D eigenvalue weighted by atomic mass is 10.1. The van der Waals surface area contributed by atoms with Crippen molar-refractivity contribution in [2.24, 2.45) is 0 Å². The summed E-state index contributed by atoms with van der Waals surface area (Å²) in [5.41, 5.74) is 1.51. The van der Waals surface area contributed by atoms with E-state index in [2.05, 4.69) is 5.32 Å². The molecule has 1 aliphatic heterocycles. The Balaban J connectivity index is 1.56. The third-order valence-electron chi connectivity index (χ3n) is 4.49. The maximum atomic E-state index is 13.6. The minimum Gasteiger partial charge on any atom is -0.486 e. The molecule has 0 radical (unpaired) electrons. The fourth-order valence-electron chi connectivity index (χ4n) is 2.78. The zero-order valence-corrected chi connectivity index (χ0v) is 15.0. The number of hydrogen-bond acceptors (Lipinski definition) is 4. The average molecular weight is 358 g/mol. The van der Waals surface area contributed by atoms with Crippen molar-refractivity contribution >= 4 is 5.91 Å². The highest BCUT2D eigenvalue weighted by atomic mass is 19.1. The molecule has 0 saturated heterocycles. The van der Waals surface area contributed by atoms with Gasteiger partial charge in [0, 0.05) is 18.7 Å². The van der Waals surface area contributed by atoms with Crippen LogP contribution < -0.4 is 14.8 Å². The highest BCUT2D eigenvalue weighted by Gasteiger charge is 2.19. The largest absolute Gasteiger partial charge is 0.486 e. The molecule has 3 rings (SSSR count). The van der Waals surface area contributed by atoms with Crippen molar-refractivity contribution in [1.29, 1.82) is 0 Å². The zero-order chi connectivity index (χ0) is 18.5. The molecule has 0 spiro atoms. The van der Waals surface area contributed by atoms with Gasteiger partial charge in [-0.1, -0.05) is 24.3 Å². The van der Waals surface area contributed by atoms with Gasteiger partial charge in [-0.3, -0.25) is 9.69 Å². The predicted octanol–water partition coefficient (Wildman–Crippen LogP) is 2.73. The minimum absolute atomic E-state index is 0.145. The Morgan fingerprint density at radius 1 is 1.19 bits per heavy atom. The van der Waals surface area contributed by atoms with Crippen molar-refractivity contribution < 1.29 is 18.7 Å². The number of likely N-dealkylation sites (N-methyl/N-ethyl adjacent to an activating group) is 1. The van der Waals surface area contributed by atoms with E-state index in [1.54, 1.807) is 18.2 Å². The summed E-state index contributed by atoms with van der Waals surface area (Å²) < 4.78 is 24.8. The second-order valence-corrected chi connectivity index (χ2v) is 6.38. The first-order chi connectivity index (χ1) is 12.5. The molecular weight excluding hydrogens is 335 g/mol. The Labute approximate surface area is 152 Å². The van der Waals surface area contributed by atoms with E-state index in [-0.39, 0.29) is 24.3 Å². The Morgan fingerprint density at radius 3 is 2.69 bits per heavy atom. The third kappa shape index (κ3) is 4.32. The molecule has 2 aromatic rings. The van der Waals surface area contributed by atoms with Crippen LogP contribution in [0.5, 0.6) is 11.5 Å². The maximum Gasteiger partial charge on any atom is 0.237 e. The Morgan fingerprint density at radius 2 is 1.92 bits per heavy atom. The topological polar surface area (TPSA) is 50.8 Å². The second kappa shape index (κ2) is 8.19. The lowest BCUT2D eigenvalue weighted by Gasteiger charge is -2.25. The summed E-state index contributed by atoms with van der Waals surface area (Å²) in [5, 5.41) is 2.79. The summed E-state index contributed by atoms with van der Waals surface area (Å²) in [5.74, 6) is 1.02. The van der Waals surface area contributed by atoms with Crippen LogP contribution in [0.25, 0.3) is 0 Å². The number of ether oxygens (including phenoxy) is 2. The molecule has 1 unspecified atom stereocenters. The number of hydrogen-bond donors (Lipinski definition) is 1. The van der Waals surface area contributed by atoms with E-state index >= 15 is 0 Å². The normalized spacial score (nSPS) is 14.2. The van der Waals surface area contributed by atoms with Crippen LogP contribution >= 0.6 is 0 Å². The van der Waals surface area contributed by atoms with E-state index in [9.17, 15) is 9.18 Å². The van der Waals surface area contributed by atoms with Gasteiger partial charge in [0.25, 0.3) is 0 Å². The van der Waals surface area contributed by atoms with Crippen LogP contribution in [0.15, 0.2) is 42.5 Å². The first-order valence-electron chi connectivity index (χ1n) is 8.64. The first-order valence-corrected chi connectivity index (χ1v) is 8.64. The van der Waals surface area contributed by atoms with Crippen LogP contribution in [0.1, 0.15) is 18.1 Å². The standard InChI is InChI=1S/C20H23FN2O3/c1-14(20(24)22-12-16-5-3-4-6-17(16)21)23(2)13-15-7-8-18-19(11-15)26-10-9-25-18/h3-8,11,14H,9-10,12-13H2,1-2H3,(H,22,24). The summed E-state index contributed by atoms with van der Waals surface area (Å²) in [6, 6.07) is 11.9. The number of fused-ring (bicyclic) bond motifs is 1. The molecule has 1 aliphatic rings. The molecule has 5 nitrogen and oxygen atoms in total. The number of carbonyl (C=O) groups is 1. The number of halogens is 1. The number of nitrogens with zero attached hydrogens (tertiary/aromatic N) is 1. The highest BCUT2D eigenvalue weighted by Crippen LogP contribution is 2.31. The molecule has 1 heterocycles. The van der Waals surface area contributed by atoms with Gasteiger partial charge in [-0.15, -0.1) is 0 Å². The fraction of sp³-hybridized carbons (Fsp3) is 0.350. The molecule has 0 saturated carbocycles. The SMILES string of the molecule is CC(C(=O)NCc1ccccc1F)N(C)Cc1ccc2c(c1)OCCO2. The second-order valence-electron chi connectivity index (χ2n) is 6.38. The minimum atomic E-state index is -0.352. The Bertz CT molecular complexity index is 781. The molecule has 1 atom stereocenters. The molecule has 1 amide bonds. The lowest BCUT2D eigenvalue weighted by molar-refractivity contribution is -0.125. The van der Waals surface area contributed by atoms with E-state index in [4.69, 9.17) is 9.47 Å². The number of benzene rings is 2. The molecule has 6 heteroatoms. The molecule has 138 valence electrons. The van der Waals surface area contributed by atoms with Gasteiger partial charge in [0.05, 0.1) is 6.04 Å². The van der Waals surface area contributed by atoms with Crippen molar-refractivity contribution in [1.82, 2.24) is 10.2 Å². The number of nitrogens with one attached hydrogen (secondary N) is 1. The van der Waals surface area contributed by atoms with Crippen molar-refractivity contribution in [3.05, 3.63) is 59.4 Å². The predicted molar refractivity (Wildman–Crippen MR) is 96.6 cm³/mol. The third-order valence-corrected chi connectivity index (χ3v) is 4.49. The van der Waals surface area contributed by atoms with Crippen LogP contribution in [0.4, 0.5) is 4.39 Å². The molecule has 0 aliphatic carbocycles. The summed E-state index contributed by atoms with van der Waals surface area (Å²) in [7, 11) is 1.88. The van der Waals surface area contributed by atoms with E-state index in [0.29, 0.717) is 25.3 Å². The monoisotopic (exact) mass is 358 g/mol. The zero-order valence-electron chi connectivity index (χ0n) is 15.0. The van der Waals surface area contributed by atoms with Gasteiger partial charge in [-0.2, -0.15) is 0 Å². The van der Waals surface area contributed by atoms with Gasteiger partial charge in [0.15, 0.2) is 11.5 Å². The van der Waals surface area contributed by atoms with Gasteiger partial charge in [-0.25, -0.2) is 4.39 Å². The molecule has 26 heavy (non-hydrogen) atoms. The number of rotatable bonds is 6. The van der Waals surface area contributed by atoms with E-state index in [0.717, 1.165) is 17.1 Å². The highest BCUT2D eigenvalue weighted by molar-refractivity contribution is 5.81. The quantitative estimate of drug-likeness (QED) is 0.863. The molecular formula is C20H23FN2O3. The van der Waals surface area contributed by atoms with Crippen LogP contribution in [-0.4, -0.2) is 37.1 Å². The lowest BCUT2D eigenvalue weighted by Crippen LogP contribution is -2.42. The van der Waals surface area contributed by atoms with Crippen LogP contribution in [0.2, 0.25) is 0 Å². The van der Waals surface area contributed by atoms with E-state index < -0.39 is 0 Å². The summed E-state index contributed by atoms with van der Waals surface area (Å²) in [6.45, 7) is 3.69. The van der Waals surface area contributed by atoms with Crippen molar-refractivity contribution in [2.45, 2.75) is 26.1 Å². The summed E-state index contributed by atoms with van der Waals surface area (Å²) in [6.07, 6.45) is 0. The van der Waals surface area contributed by atoms with Gasteiger partial charge < -0.3 is 14.8 Å². The van der Waals surface area contributed by atoms with Gasteiger partial charge in [0.1, 0.15) is 19.0 Å². The van der Waals surface area contributed by atoms with E-state index in [1.807, 2.05) is 37.1 Å². The number of amides is 1. The van der Waals surface area contributed by atoms with Crippen molar-refractivity contribution in [2.75, 3.05) is 20.3 Å². The Hall–Kier alpha value is -2.60.